The molecule has 2 rings (SSSR count). The number of nitrogens with zero attached hydrogens (tertiary/aromatic N) is 1. The molecule has 0 atom stereocenters. The first-order valence-corrected chi connectivity index (χ1v) is 4.50. The first-order valence-electron chi connectivity index (χ1n) is 4.50. The lowest BCUT2D eigenvalue weighted by Crippen LogP contribution is -2.12. The lowest BCUT2D eigenvalue weighted by atomic mass is 10.1. The molecule has 0 saturated carbocycles. The zero-order chi connectivity index (χ0) is 9.42. The number of nitrogens with one attached hydrogen (secondary N) is 1. The summed E-state index contributed by atoms with van der Waals surface area (Å²) in [6.07, 6.45) is 0.930. The molecule has 1 aliphatic rings. The topological polar surface area (TPSA) is 42.0 Å². The number of hydrogen-bond acceptors (Lipinski definition) is 2. The van der Waals surface area contributed by atoms with Crippen molar-refractivity contribution in [1.82, 2.24) is 10.3 Å². The van der Waals surface area contributed by atoms with Crippen molar-refractivity contribution >= 4 is 5.91 Å². The molecule has 0 saturated heterocycles. The van der Waals surface area contributed by atoms with E-state index in [1.54, 1.807) is 0 Å². The summed E-state index contributed by atoms with van der Waals surface area (Å²) in [6.45, 7) is 4.64. The highest BCUT2D eigenvalue weighted by Crippen LogP contribution is 2.17. The van der Waals surface area contributed by atoms with Crippen molar-refractivity contribution in [3.8, 4) is 0 Å². The molecule has 0 unspecified atom stereocenters. The Kier molecular flexibility index (Phi) is 1.79. The summed E-state index contributed by atoms with van der Waals surface area (Å²) in [4.78, 5) is 15.7. The van der Waals surface area contributed by atoms with Crippen LogP contribution in [0.2, 0.25) is 0 Å². The van der Waals surface area contributed by atoms with Gasteiger partial charge in [0.1, 0.15) is 0 Å². The molecule has 0 aliphatic carbocycles. The van der Waals surface area contributed by atoms with E-state index >= 15 is 0 Å². The highest BCUT2D eigenvalue weighted by molar-refractivity contribution is 5.97. The molecular formula is C10H12N2O. The Hall–Kier alpha value is -1.38. The Morgan fingerprint density at radius 3 is 3.08 bits per heavy atom. The second kappa shape index (κ2) is 2.83. The zero-order valence-corrected chi connectivity index (χ0v) is 7.85. The van der Waals surface area contributed by atoms with Crippen LogP contribution in [-0.2, 0) is 13.0 Å². The predicted molar refractivity (Wildman–Crippen MR) is 49.5 cm³/mol. The Morgan fingerprint density at radius 2 is 2.38 bits per heavy atom. The van der Waals surface area contributed by atoms with Crippen LogP contribution < -0.4 is 5.32 Å². The summed E-state index contributed by atoms with van der Waals surface area (Å²) in [7, 11) is 0. The third-order valence-electron chi connectivity index (χ3n) is 2.44. The minimum Gasteiger partial charge on any atom is -0.346 e. The van der Waals surface area contributed by atoms with Crippen LogP contribution in [0.1, 0.15) is 34.2 Å². The van der Waals surface area contributed by atoms with Crippen LogP contribution >= 0.6 is 0 Å². The molecule has 0 aromatic carbocycles. The van der Waals surface area contributed by atoms with Gasteiger partial charge in [-0.15, -0.1) is 0 Å². The summed E-state index contributed by atoms with van der Waals surface area (Å²) >= 11 is 0. The average Bonchev–Trinajstić information content (AvgIpc) is 2.46. The molecule has 1 N–H and O–H groups in total. The van der Waals surface area contributed by atoms with Crippen LogP contribution in [0, 0.1) is 6.92 Å². The average molecular weight is 176 g/mol. The fourth-order valence-corrected chi connectivity index (χ4v) is 1.64. The maximum atomic E-state index is 11.3. The van der Waals surface area contributed by atoms with Gasteiger partial charge >= 0.3 is 0 Å². The summed E-state index contributed by atoms with van der Waals surface area (Å²) < 4.78 is 0. The van der Waals surface area contributed by atoms with Crippen molar-refractivity contribution in [3.05, 3.63) is 28.6 Å². The fraction of sp³-hybridized carbons (Fsp3) is 0.400. The molecule has 1 amide bonds. The molecule has 0 spiro atoms. The monoisotopic (exact) mass is 176 g/mol. The summed E-state index contributed by atoms with van der Waals surface area (Å²) in [6, 6.07) is 1.96. The van der Waals surface area contributed by atoms with Crippen molar-refractivity contribution in [2.24, 2.45) is 0 Å². The van der Waals surface area contributed by atoms with E-state index in [1.807, 2.05) is 13.0 Å². The first kappa shape index (κ1) is 8.23. The second-order valence-corrected chi connectivity index (χ2v) is 3.26. The van der Waals surface area contributed by atoms with Gasteiger partial charge in [0.2, 0.25) is 0 Å². The molecule has 68 valence electrons. The molecule has 1 aromatic heterocycles. The number of aromatic nitrogens is 1. The molecular weight excluding hydrogens is 164 g/mol. The molecule has 1 aliphatic heterocycles. The van der Waals surface area contributed by atoms with Gasteiger partial charge in [-0.1, -0.05) is 6.92 Å². The number of fused-ring (bicyclic) bond motifs is 1. The number of rotatable bonds is 1. The van der Waals surface area contributed by atoms with Gasteiger partial charge in [-0.25, -0.2) is 0 Å². The third kappa shape index (κ3) is 1.20. The number of pyridine rings is 1. The SMILES string of the molecule is CCc1cc2c(nc1C)CNC2=O. The molecule has 0 fully saturated rings. The normalized spacial score (nSPS) is 14.2. The highest BCUT2D eigenvalue weighted by Gasteiger charge is 2.20. The maximum Gasteiger partial charge on any atom is 0.253 e. The van der Waals surface area contributed by atoms with E-state index in [4.69, 9.17) is 0 Å². The number of aryl methyl sites for hydroxylation is 2. The minimum absolute atomic E-state index is 0.0113. The van der Waals surface area contributed by atoms with E-state index in [2.05, 4.69) is 17.2 Å². The van der Waals surface area contributed by atoms with Crippen LogP contribution in [0.5, 0.6) is 0 Å². The van der Waals surface area contributed by atoms with Gasteiger partial charge in [-0.05, 0) is 25.0 Å². The van der Waals surface area contributed by atoms with Gasteiger partial charge in [0.15, 0.2) is 0 Å². The van der Waals surface area contributed by atoms with Crippen molar-refractivity contribution in [1.29, 1.82) is 0 Å². The quantitative estimate of drug-likeness (QED) is 0.698. The lowest BCUT2D eigenvalue weighted by Gasteiger charge is -2.03. The number of amides is 1. The second-order valence-electron chi connectivity index (χ2n) is 3.26. The van der Waals surface area contributed by atoms with Gasteiger partial charge in [0.25, 0.3) is 5.91 Å². The smallest absolute Gasteiger partial charge is 0.253 e. The Morgan fingerprint density at radius 1 is 1.62 bits per heavy atom. The van der Waals surface area contributed by atoms with E-state index in [0.717, 1.165) is 28.9 Å². The van der Waals surface area contributed by atoms with E-state index < -0.39 is 0 Å². The Balaban J connectivity index is 2.57. The van der Waals surface area contributed by atoms with E-state index in [-0.39, 0.29) is 5.91 Å². The van der Waals surface area contributed by atoms with Gasteiger partial charge < -0.3 is 5.32 Å². The zero-order valence-electron chi connectivity index (χ0n) is 7.85. The van der Waals surface area contributed by atoms with Crippen LogP contribution in [0.15, 0.2) is 6.07 Å². The van der Waals surface area contributed by atoms with Crippen LogP contribution in [0.4, 0.5) is 0 Å². The van der Waals surface area contributed by atoms with Gasteiger partial charge in [0, 0.05) is 5.69 Å². The number of carbonyl (C=O) groups excluding carboxylic acids is 1. The number of hydrogen-bond donors (Lipinski definition) is 1. The lowest BCUT2D eigenvalue weighted by molar-refractivity contribution is 0.0965. The van der Waals surface area contributed by atoms with Crippen LogP contribution in [0.25, 0.3) is 0 Å². The Bertz CT molecular complexity index is 371. The van der Waals surface area contributed by atoms with Gasteiger partial charge in [0.05, 0.1) is 17.8 Å². The highest BCUT2D eigenvalue weighted by atomic mass is 16.1. The maximum absolute atomic E-state index is 11.3. The van der Waals surface area contributed by atoms with Crippen molar-refractivity contribution in [2.45, 2.75) is 26.8 Å². The molecule has 0 radical (unpaired) electrons. The molecule has 13 heavy (non-hydrogen) atoms. The molecule has 3 heteroatoms. The van der Waals surface area contributed by atoms with E-state index in [1.165, 1.54) is 0 Å². The summed E-state index contributed by atoms with van der Waals surface area (Å²) in [5.41, 5.74) is 3.84. The molecule has 1 aromatic rings. The standard InChI is InChI=1S/C10H12N2O/c1-3-7-4-8-9(12-6(7)2)5-11-10(8)13/h4H,3,5H2,1-2H3,(H,11,13). The molecule has 3 nitrogen and oxygen atoms in total. The van der Waals surface area contributed by atoms with Crippen LogP contribution in [0.3, 0.4) is 0 Å². The third-order valence-corrected chi connectivity index (χ3v) is 2.44. The van der Waals surface area contributed by atoms with Gasteiger partial charge in [-0.2, -0.15) is 0 Å². The predicted octanol–water partition coefficient (Wildman–Crippen LogP) is 1.20. The largest absolute Gasteiger partial charge is 0.346 e. The first-order chi connectivity index (χ1) is 6.22. The van der Waals surface area contributed by atoms with E-state index in [9.17, 15) is 4.79 Å². The minimum atomic E-state index is 0.0113. The van der Waals surface area contributed by atoms with Crippen molar-refractivity contribution in [2.75, 3.05) is 0 Å². The van der Waals surface area contributed by atoms with E-state index in [0.29, 0.717) is 6.54 Å². The summed E-state index contributed by atoms with van der Waals surface area (Å²) in [5, 5.41) is 2.76. The van der Waals surface area contributed by atoms with Crippen molar-refractivity contribution in [3.63, 3.8) is 0 Å². The van der Waals surface area contributed by atoms with Crippen molar-refractivity contribution < 1.29 is 4.79 Å². The number of carbonyl (C=O) groups is 1. The Labute approximate surface area is 77.2 Å². The summed E-state index contributed by atoms with van der Waals surface area (Å²) in [5.74, 6) is 0.0113. The van der Waals surface area contributed by atoms with Crippen LogP contribution in [-0.4, -0.2) is 10.9 Å². The fourth-order valence-electron chi connectivity index (χ4n) is 1.64. The molecule has 0 bridgehead atoms. The molecule has 2 heterocycles. The van der Waals surface area contributed by atoms with Gasteiger partial charge in [-0.3, -0.25) is 9.78 Å².